The van der Waals surface area contributed by atoms with E-state index < -0.39 is 0 Å². The Balaban J connectivity index is 3.59. The van der Waals surface area contributed by atoms with Gasteiger partial charge in [-0.1, -0.05) is 17.7 Å². The number of ether oxygens (including phenoxy) is 2. The summed E-state index contributed by atoms with van der Waals surface area (Å²) in [6.07, 6.45) is 1.91. The zero-order valence-electron chi connectivity index (χ0n) is 8.33. The summed E-state index contributed by atoms with van der Waals surface area (Å²) >= 11 is 5.44. The van der Waals surface area contributed by atoms with Crippen LogP contribution in [0, 0.1) is 0 Å². The Bertz CT molecular complexity index is 123. The first kappa shape index (κ1) is 12.9. The predicted octanol–water partition coefficient (Wildman–Crippen LogP) is 1.33. The van der Waals surface area contributed by atoms with Crippen molar-refractivity contribution in [2.24, 2.45) is 0 Å². The molecule has 0 saturated heterocycles. The average Bonchev–Trinajstić information content (AvgIpc) is 2.17. The molecular formula is C9H18ClNO2. The molecular weight excluding hydrogens is 190 g/mol. The van der Waals surface area contributed by atoms with E-state index in [9.17, 15) is 0 Å². The van der Waals surface area contributed by atoms with Gasteiger partial charge in [0.05, 0.1) is 13.2 Å². The summed E-state index contributed by atoms with van der Waals surface area (Å²) in [6, 6.07) is 0. The third-order valence-corrected chi connectivity index (χ3v) is 1.85. The van der Waals surface area contributed by atoms with Crippen molar-refractivity contribution in [3.8, 4) is 0 Å². The molecule has 3 nitrogen and oxygen atoms in total. The molecule has 0 aromatic carbocycles. The molecule has 0 aromatic heterocycles. The van der Waals surface area contributed by atoms with Gasteiger partial charge in [-0.15, -0.1) is 0 Å². The molecule has 0 aliphatic carbocycles. The summed E-state index contributed by atoms with van der Waals surface area (Å²) in [5.74, 6) is 0. The van der Waals surface area contributed by atoms with Crippen LogP contribution < -0.4 is 0 Å². The standard InChI is InChI=1S/C9H18ClNO2/c1-12-8-6-11(5-3-4-10)7-9-13-2/h3-4H,5-9H2,1-2H3/b4-3+. The van der Waals surface area contributed by atoms with E-state index in [2.05, 4.69) is 4.90 Å². The van der Waals surface area contributed by atoms with Crippen molar-refractivity contribution < 1.29 is 9.47 Å². The molecule has 0 bridgehead atoms. The molecule has 0 heterocycles. The van der Waals surface area contributed by atoms with Gasteiger partial charge in [-0.2, -0.15) is 0 Å². The van der Waals surface area contributed by atoms with Crippen molar-refractivity contribution in [3.63, 3.8) is 0 Å². The van der Waals surface area contributed by atoms with Crippen LogP contribution in [0.2, 0.25) is 0 Å². The molecule has 0 unspecified atom stereocenters. The van der Waals surface area contributed by atoms with E-state index in [-0.39, 0.29) is 0 Å². The zero-order chi connectivity index (χ0) is 9.94. The fraction of sp³-hybridized carbons (Fsp3) is 0.778. The lowest BCUT2D eigenvalue weighted by Gasteiger charge is -2.19. The monoisotopic (exact) mass is 207 g/mol. The molecule has 0 atom stereocenters. The normalized spacial score (nSPS) is 11.7. The number of nitrogens with zero attached hydrogens (tertiary/aromatic N) is 1. The third-order valence-electron chi connectivity index (χ3n) is 1.68. The first-order chi connectivity index (χ1) is 6.35. The lowest BCUT2D eigenvalue weighted by Crippen LogP contribution is -2.30. The van der Waals surface area contributed by atoms with E-state index in [4.69, 9.17) is 21.1 Å². The molecule has 0 spiro atoms. The summed E-state index contributed by atoms with van der Waals surface area (Å²) in [6.45, 7) is 4.12. The highest BCUT2D eigenvalue weighted by atomic mass is 35.5. The molecule has 0 aliphatic rings. The topological polar surface area (TPSA) is 21.7 Å². The van der Waals surface area contributed by atoms with Gasteiger partial charge in [0.15, 0.2) is 0 Å². The van der Waals surface area contributed by atoms with Crippen molar-refractivity contribution >= 4 is 11.6 Å². The minimum absolute atomic E-state index is 0.736. The molecule has 0 aromatic rings. The summed E-state index contributed by atoms with van der Waals surface area (Å²) in [7, 11) is 3.40. The maximum atomic E-state index is 5.44. The van der Waals surface area contributed by atoms with Gasteiger partial charge in [0.1, 0.15) is 0 Å². The molecule has 0 saturated carbocycles. The molecule has 0 amide bonds. The number of halogens is 1. The maximum Gasteiger partial charge on any atom is 0.0589 e. The van der Waals surface area contributed by atoms with Crippen molar-refractivity contribution in [1.29, 1.82) is 0 Å². The molecule has 0 N–H and O–H groups in total. The van der Waals surface area contributed by atoms with E-state index in [1.807, 2.05) is 6.08 Å². The Morgan fingerprint density at radius 2 is 1.69 bits per heavy atom. The van der Waals surface area contributed by atoms with Crippen LogP contribution in [0.1, 0.15) is 0 Å². The smallest absolute Gasteiger partial charge is 0.0589 e. The zero-order valence-corrected chi connectivity index (χ0v) is 9.09. The molecule has 0 aliphatic heterocycles. The van der Waals surface area contributed by atoms with Crippen molar-refractivity contribution in [3.05, 3.63) is 11.6 Å². The molecule has 4 heteroatoms. The predicted molar refractivity (Wildman–Crippen MR) is 55.2 cm³/mol. The van der Waals surface area contributed by atoms with Crippen LogP contribution in [0.3, 0.4) is 0 Å². The Labute approximate surface area is 85.3 Å². The van der Waals surface area contributed by atoms with E-state index in [0.29, 0.717) is 0 Å². The summed E-state index contributed by atoms with van der Waals surface area (Å²) < 4.78 is 9.99. The number of hydrogen-bond acceptors (Lipinski definition) is 3. The van der Waals surface area contributed by atoms with Crippen LogP contribution in [0.25, 0.3) is 0 Å². The fourth-order valence-electron chi connectivity index (χ4n) is 0.924. The van der Waals surface area contributed by atoms with Gasteiger partial charge in [0, 0.05) is 39.4 Å². The Hall–Kier alpha value is -0.0900. The second-order valence-corrected chi connectivity index (χ2v) is 2.90. The first-order valence-electron chi connectivity index (χ1n) is 4.30. The first-order valence-corrected chi connectivity index (χ1v) is 4.74. The van der Waals surface area contributed by atoms with Gasteiger partial charge in [0.25, 0.3) is 0 Å². The average molecular weight is 208 g/mol. The number of rotatable bonds is 8. The molecule has 0 rings (SSSR count). The SMILES string of the molecule is COCCN(C/C=C/Cl)CCOC. The van der Waals surface area contributed by atoms with Gasteiger partial charge in [-0.25, -0.2) is 0 Å². The maximum absolute atomic E-state index is 5.44. The fourth-order valence-corrected chi connectivity index (χ4v) is 1.00. The van der Waals surface area contributed by atoms with Gasteiger partial charge in [-0.05, 0) is 0 Å². The highest BCUT2D eigenvalue weighted by molar-refractivity contribution is 6.25. The van der Waals surface area contributed by atoms with E-state index in [1.54, 1.807) is 14.2 Å². The van der Waals surface area contributed by atoms with Gasteiger partial charge >= 0.3 is 0 Å². The summed E-state index contributed by atoms with van der Waals surface area (Å²) in [4.78, 5) is 2.21. The molecule has 13 heavy (non-hydrogen) atoms. The third kappa shape index (κ3) is 8.25. The van der Waals surface area contributed by atoms with E-state index >= 15 is 0 Å². The lowest BCUT2D eigenvalue weighted by atomic mass is 10.4. The minimum Gasteiger partial charge on any atom is -0.383 e. The quantitative estimate of drug-likeness (QED) is 0.600. The van der Waals surface area contributed by atoms with Crippen molar-refractivity contribution in [2.45, 2.75) is 0 Å². The van der Waals surface area contributed by atoms with Crippen LogP contribution in [0.15, 0.2) is 11.6 Å². The van der Waals surface area contributed by atoms with Crippen molar-refractivity contribution in [1.82, 2.24) is 4.90 Å². The van der Waals surface area contributed by atoms with Crippen molar-refractivity contribution in [2.75, 3.05) is 47.1 Å². The molecule has 0 fully saturated rings. The minimum atomic E-state index is 0.736. The van der Waals surface area contributed by atoms with E-state index in [1.165, 1.54) is 5.54 Å². The Morgan fingerprint density at radius 1 is 1.15 bits per heavy atom. The summed E-state index contributed by atoms with van der Waals surface area (Å²) in [5, 5.41) is 0. The Morgan fingerprint density at radius 3 is 2.08 bits per heavy atom. The van der Waals surface area contributed by atoms with Gasteiger partial charge in [-0.3, -0.25) is 4.90 Å². The summed E-state index contributed by atoms with van der Waals surface area (Å²) in [5.41, 5.74) is 1.53. The van der Waals surface area contributed by atoms with Crippen LogP contribution in [-0.2, 0) is 9.47 Å². The van der Waals surface area contributed by atoms with Crippen LogP contribution >= 0.6 is 11.6 Å². The largest absolute Gasteiger partial charge is 0.383 e. The molecule has 78 valence electrons. The van der Waals surface area contributed by atoms with Gasteiger partial charge in [0.2, 0.25) is 0 Å². The molecule has 0 radical (unpaired) electrons. The lowest BCUT2D eigenvalue weighted by molar-refractivity contribution is 0.121. The highest BCUT2D eigenvalue weighted by Crippen LogP contribution is 1.91. The number of hydrogen-bond donors (Lipinski definition) is 0. The Kier molecular flexibility index (Phi) is 9.92. The van der Waals surface area contributed by atoms with Crippen LogP contribution in [-0.4, -0.2) is 52.0 Å². The second kappa shape index (κ2) is 9.99. The van der Waals surface area contributed by atoms with Crippen LogP contribution in [0.4, 0.5) is 0 Å². The highest BCUT2D eigenvalue weighted by Gasteiger charge is 2.01. The second-order valence-electron chi connectivity index (χ2n) is 2.65. The van der Waals surface area contributed by atoms with Gasteiger partial charge < -0.3 is 9.47 Å². The van der Waals surface area contributed by atoms with E-state index in [0.717, 1.165) is 32.8 Å². The number of methoxy groups -OCH3 is 2. The van der Waals surface area contributed by atoms with Crippen LogP contribution in [0.5, 0.6) is 0 Å².